The van der Waals surface area contributed by atoms with Gasteiger partial charge >= 0.3 is 0 Å². The van der Waals surface area contributed by atoms with Crippen molar-refractivity contribution in [1.82, 2.24) is 15.6 Å². The number of rotatable bonds is 6. The number of halogens is 1. The lowest BCUT2D eigenvalue weighted by Gasteiger charge is -2.11. The Morgan fingerprint density at radius 3 is 2.77 bits per heavy atom. The number of aryl methyl sites for hydroxylation is 1. The summed E-state index contributed by atoms with van der Waals surface area (Å²) in [5.41, 5.74) is 3.91. The maximum absolute atomic E-state index is 4.52. The van der Waals surface area contributed by atoms with E-state index in [1.54, 1.807) is 0 Å². The Bertz CT molecular complexity index is 604. The maximum Gasteiger partial charge on any atom is 0.191 e. The van der Waals surface area contributed by atoms with E-state index >= 15 is 0 Å². The molecule has 1 aromatic carbocycles. The second kappa shape index (κ2) is 9.71. The quantitative estimate of drug-likeness (QED) is 0.384. The van der Waals surface area contributed by atoms with E-state index in [0.29, 0.717) is 0 Å². The number of nitrogens with zero attached hydrogens (tertiary/aromatic N) is 1. The molecule has 0 saturated carbocycles. The van der Waals surface area contributed by atoms with Gasteiger partial charge in [-0.1, -0.05) is 19.1 Å². The molecule has 22 heavy (non-hydrogen) atoms. The normalized spacial score (nSPS) is 11.3. The number of aromatic nitrogens is 1. The van der Waals surface area contributed by atoms with E-state index in [0.717, 1.165) is 38.4 Å². The second-order valence-corrected chi connectivity index (χ2v) is 5.25. The van der Waals surface area contributed by atoms with Crippen molar-refractivity contribution in [2.45, 2.75) is 33.6 Å². The molecule has 0 radical (unpaired) electrons. The molecule has 5 heteroatoms. The van der Waals surface area contributed by atoms with Crippen LogP contribution in [0.1, 0.15) is 31.4 Å². The van der Waals surface area contributed by atoms with Gasteiger partial charge in [0, 0.05) is 36.7 Å². The third kappa shape index (κ3) is 4.90. The van der Waals surface area contributed by atoms with Crippen molar-refractivity contribution in [3.05, 3.63) is 35.5 Å². The highest BCUT2D eigenvalue weighted by Crippen LogP contribution is 2.22. The Balaban J connectivity index is 0.00000242. The Hall–Kier alpha value is -1.24. The first-order valence-corrected chi connectivity index (χ1v) is 7.84. The maximum atomic E-state index is 4.52. The van der Waals surface area contributed by atoms with Gasteiger partial charge in [-0.3, -0.25) is 4.99 Å². The van der Waals surface area contributed by atoms with E-state index in [1.807, 2.05) is 0 Å². The zero-order valence-electron chi connectivity index (χ0n) is 13.7. The Labute approximate surface area is 150 Å². The molecule has 122 valence electrons. The Morgan fingerprint density at radius 1 is 1.23 bits per heavy atom. The molecule has 2 aromatic rings. The van der Waals surface area contributed by atoms with Crippen LogP contribution in [0, 0.1) is 6.92 Å². The summed E-state index contributed by atoms with van der Waals surface area (Å²) in [6, 6.07) is 6.39. The minimum atomic E-state index is 0. The number of hydrogen-bond acceptors (Lipinski definition) is 1. The molecule has 0 unspecified atom stereocenters. The van der Waals surface area contributed by atoms with Gasteiger partial charge in [-0.25, -0.2) is 0 Å². The zero-order valence-corrected chi connectivity index (χ0v) is 16.0. The zero-order chi connectivity index (χ0) is 15.1. The molecular formula is C17H27IN4. The van der Waals surface area contributed by atoms with Gasteiger partial charge in [0.25, 0.3) is 0 Å². The van der Waals surface area contributed by atoms with Crippen LogP contribution in [-0.4, -0.2) is 30.6 Å². The summed E-state index contributed by atoms with van der Waals surface area (Å²) in [6.45, 7) is 9.04. The molecule has 0 aliphatic carbocycles. The molecule has 0 spiro atoms. The molecule has 4 nitrogen and oxygen atoms in total. The predicted octanol–water partition coefficient (Wildman–Crippen LogP) is 3.60. The van der Waals surface area contributed by atoms with E-state index in [2.05, 4.69) is 65.8 Å². The smallest absolute Gasteiger partial charge is 0.191 e. The first-order chi connectivity index (χ1) is 10.3. The SMILES string of the molecule is CCCN=C(NCC)NCCc1c[nH]c2cccc(C)c12.I. The minimum Gasteiger partial charge on any atom is -0.361 e. The van der Waals surface area contributed by atoms with Crippen molar-refractivity contribution in [1.29, 1.82) is 0 Å². The summed E-state index contributed by atoms with van der Waals surface area (Å²) in [5, 5.41) is 8.04. The first-order valence-electron chi connectivity index (χ1n) is 7.84. The molecule has 0 amide bonds. The molecular weight excluding hydrogens is 387 g/mol. The van der Waals surface area contributed by atoms with Gasteiger partial charge in [0.15, 0.2) is 5.96 Å². The third-order valence-corrected chi connectivity index (χ3v) is 3.52. The summed E-state index contributed by atoms with van der Waals surface area (Å²) in [7, 11) is 0. The van der Waals surface area contributed by atoms with Gasteiger partial charge in [0.05, 0.1) is 0 Å². The highest BCUT2D eigenvalue weighted by Gasteiger charge is 2.06. The number of benzene rings is 1. The van der Waals surface area contributed by atoms with Gasteiger partial charge < -0.3 is 15.6 Å². The average Bonchev–Trinajstić information content (AvgIpc) is 2.89. The fraction of sp³-hybridized carbons (Fsp3) is 0.471. The second-order valence-electron chi connectivity index (χ2n) is 5.25. The predicted molar refractivity (Wildman–Crippen MR) is 106 cm³/mol. The van der Waals surface area contributed by atoms with E-state index in [4.69, 9.17) is 0 Å². The first kappa shape index (κ1) is 18.8. The summed E-state index contributed by atoms with van der Waals surface area (Å²) in [6.07, 6.45) is 4.18. The molecule has 0 aliphatic heterocycles. The van der Waals surface area contributed by atoms with E-state index in [9.17, 15) is 0 Å². The molecule has 0 bridgehead atoms. The standard InChI is InChI=1S/C17H26N4.HI/c1-4-10-19-17(18-5-2)20-11-9-14-12-21-15-8-6-7-13(3)16(14)15;/h6-8,12,21H,4-5,9-11H2,1-3H3,(H2,18,19,20);1H. The molecule has 0 saturated heterocycles. The van der Waals surface area contributed by atoms with Gasteiger partial charge in [0.1, 0.15) is 0 Å². The van der Waals surface area contributed by atoms with Gasteiger partial charge in [-0.2, -0.15) is 0 Å². The minimum absolute atomic E-state index is 0. The van der Waals surface area contributed by atoms with E-state index in [1.165, 1.54) is 22.0 Å². The number of fused-ring (bicyclic) bond motifs is 1. The summed E-state index contributed by atoms with van der Waals surface area (Å²) >= 11 is 0. The molecule has 2 rings (SSSR count). The van der Waals surface area contributed by atoms with Gasteiger partial charge in [-0.15, -0.1) is 24.0 Å². The van der Waals surface area contributed by atoms with Crippen LogP contribution in [0.3, 0.4) is 0 Å². The van der Waals surface area contributed by atoms with Crippen LogP contribution in [0.4, 0.5) is 0 Å². The highest BCUT2D eigenvalue weighted by molar-refractivity contribution is 14.0. The number of aromatic amines is 1. The number of nitrogens with one attached hydrogen (secondary N) is 3. The molecule has 0 atom stereocenters. The molecule has 1 heterocycles. The van der Waals surface area contributed by atoms with Crippen LogP contribution in [0.2, 0.25) is 0 Å². The number of aliphatic imine (C=N–C) groups is 1. The van der Waals surface area contributed by atoms with Crippen LogP contribution >= 0.6 is 24.0 Å². The summed E-state index contributed by atoms with van der Waals surface area (Å²) < 4.78 is 0. The topological polar surface area (TPSA) is 52.2 Å². The highest BCUT2D eigenvalue weighted by atomic mass is 127. The third-order valence-electron chi connectivity index (χ3n) is 3.52. The van der Waals surface area contributed by atoms with Crippen molar-refractivity contribution < 1.29 is 0 Å². The van der Waals surface area contributed by atoms with Crippen LogP contribution in [-0.2, 0) is 6.42 Å². The molecule has 3 N–H and O–H groups in total. The molecule has 1 aromatic heterocycles. The Morgan fingerprint density at radius 2 is 2.05 bits per heavy atom. The summed E-state index contributed by atoms with van der Waals surface area (Å²) in [4.78, 5) is 7.87. The lowest BCUT2D eigenvalue weighted by atomic mass is 10.1. The number of hydrogen-bond donors (Lipinski definition) is 3. The van der Waals surface area contributed by atoms with Crippen molar-refractivity contribution in [2.24, 2.45) is 4.99 Å². The van der Waals surface area contributed by atoms with Crippen molar-refractivity contribution >= 4 is 40.8 Å². The Kier molecular flexibility index (Phi) is 8.30. The lowest BCUT2D eigenvalue weighted by molar-refractivity contribution is 0.795. The number of H-pyrrole nitrogens is 1. The summed E-state index contributed by atoms with van der Waals surface area (Å²) in [5.74, 6) is 0.913. The largest absolute Gasteiger partial charge is 0.361 e. The number of guanidine groups is 1. The van der Waals surface area contributed by atoms with Gasteiger partial charge in [-0.05, 0) is 43.9 Å². The van der Waals surface area contributed by atoms with Crippen LogP contribution in [0.15, 0.2) is 29.4 Å². The van der Waals surface area contributed by atoms with Crippen LogP contribution < -0.4 is 10.6 Å². The fourth-order valence-corrected chi connectivity index (χ4v) is 2.53. The average molecular weight is 414 g/mol. The van der Waals surface area contributed by atoms with Gasteiger partial charge in [0.2, 0.25) is 0 Å². The van der Waals surface area contributed by atoms with E-state index in [-0.39, 0.29) is 24.0 Å². The fourth-order valence-electron chi connectivity index (χ4n) is 2.53. The molecule has 0 aliphatic rings. The van der Waals surface area contributed by atoms with Crippen molar-refractivity contribution in [3.8, 4) is 0 Å². The monoisotopic (exact) mass is 414 g/mol. The van der Waals surface area contributed by atoms with E-state index < -0.39 is 0 Å². The molecule has 0 fully saturated rings. The lowest BCUT2D eigenvalue weighted by Crippen LogP contribution is -2.38. The van der Waals surface area contributed by atoms with Crippen LogP contribution in [0.25, 0.3) is 10.9 Å². The van der Waals surface area contributed by atoms with Crippen molar-refractivity contribution in [3.63, 3.8) is 0 Å². The van der Waals surface area contributed by atoms with Crippen LogP contribution in [0.5, 0.6) is 0 Å². The van der Waals surface area contributed by atoms with Crippen molar-refractivity contribution in [2.75, 3.05) is 19.6 Å².